The van der Waals surface area contributed by atoms with Gasteiger partial charge in [-0.05, 0) is 50.8 Å². The highest BCUT2D eigenvalue weighted by molar-refractivity contribution is 5.79. The molecule has 8 heteroatoms. The highest BCUT2D eigenvalue weighted by Crippen LogP contribution is 2.39. The summed E-state index contributed by atoms with van der Waals surface area (Å²) in [5, 5.41) is 3.16. The maximum Gasteiger partial charge on any atom is 0.331 e. The maximum absolute atomic E-state index is 13.1. The fourth-order valence-corrected chi connectivity index (χ4v) is 4.36. The van der Waals surface area contributed by atoms with Gasteiger partial charge in [0.15, 0.2) is 0 Å². The second-order valence-electron chi connectivity index (χ2n) is 8.04. The van der Waals surface area contributed by atoms with Gasteiger partial charge in [-0.25, -0.2) is 14.6 Å². The average molecular weight is 409 g/mol. The molecule has 0 amide bonds. The lowest BCUT2D eigenvalue weighted by atomic mass is 9.80. The van der Waals surface area contributed by atoms with Crippen molar-refractivity contribution >= 4 is 22.8 Å². The lowest BCUT2D eigenvalue weighted by Gasteiger charge is -2.29. The minimum absolute atomic E-state index is 0.123. The highest BCUT2D eigenvalue weighted by atomic mass is 16.5. The zero-order chi connectivity index (χ0) is 21.4. The Morgan fingerprint density at radius 1 is 1.40 bits per heavy atom. The van der Waals surface area contributed by atoms with Crippen molar-refractivity contribution in [1.82, 2.24) is 19.5 Å². The number of H-pyrrole nitrogens is 2. The van der Waals surface area contributed by atoms with E-state index >= 15 is 0 Å². The van der Waals surface area contributed by atoms with E-state index in [0.717, 1.165) is 35.3 Å². The molecule has 3 aromatic rings. The number of carbonyl (C=O) groups is 1. The lowest BCUT2D eigenvalue weighted by molar-refractivity contribution is -0.141. The van der Waals surface area contributed by atoms with E-state index in [1.165, 1.54) is 12.7 Å². The third-order valence-electron chi connectivity index (χ3n) is 5.89. The number of allylic oxidation sites excluding steroid dienone is 2. The van der Waals surface area contributed by atoms with E-state index in [0.29, 0.717) is 5.82 Å². The summed E-state index contributed by atoms with van der Waals surface area (Å²) in [6, 6.07) is 5.11. The maximum atomic E-state index is 13.1. The molecule has 0 bridgehead atoms. The fraction of sp³-hybridized carbons (Fsp3) is 0.409. The van der Waals surface area contributed by atoms with Crippen LogP contribution in [-0.2, 0) is 9.53 Å². The molecule has 4 rings (SSSR count). The second kappa shape index (κ2) is 7.85. The number of imidazole rings is 2. The number of esters is 1. The van der Waals surface area contributed by atoms with Gasteiger partial charge >= 0.3 is 11.7 Å². The molecular formula is C22H27N5O3. The Labute approximate surface area is 174 Å². The van der Waals surface area contributed by atoms with Crippen LogP contribution in [0.3, 0.4) is 0 Å². The first-order chi connectivity index (χ1) is 14.4. The molecule has 0 spiro atoms. The topological polar surface area (TPSA) is 105 Å². The van der Waals surface area contributed by atoms with Gasteiger partial charge in [0.25, 0.3) is 0 Å². The molecular weight excluding hydrogens is 382 g/mol. The fourth-order valence-electron chi connectivity index (χ4n) is 4.36. The van der Waals surface area contributed by atoms with E-state index in [2.05, 4.69) is 40.2 Å². The Balaban J connectivity index is 1.86. The zero-order valence-electron chi connectivity index (χ0n) is 17.7. The van der Waals surface area contributed by atoms with Crippen LogP contribution < -0.4 is 11.0 Å². The molecule has 3 N–H and O–H groups in total. The van der Waals surface area contributed by atoms with Crippen LogP contribution in [0.1, 0.15) is 45.2 Å². The van der Waals surface area contributed by atoms with Crippen molar-refractivity contribution in [2.75, 3.05) is 12.4 Å². The summed E-state index contributed by atoms with van der Waals surface area (Å²) >= 11 is 0. The van der Waals surface area contributed by atoms with Crippen molar-refractivity contribution in [2.45, 2.75) is 45.6 Å². The molecule has 0 saturated carbocycles. The van der Waals surface area contributed by atoms with Crippen molar-refractivity contribution in [2.24, 2.45) is 5.92 Å². The van der Waals surface area contributed by atoms with E-state index in [-0.39, 0.29) is 23.5 Å². The van der Waals surface area contributed by atoms with Gasteiger partial charge in [0.2, 0.25) is 0 Å². The van der Waals surface area contributed by atoms with Gasteiger partial charge in [-0.15, -0.1) is 0 Å². The highest BCUT2D eigenvalue weighted by Gasteiger charge is 2.31. The molecule has 3 atom stereocenters. The van der Waals surface area contributed by atoms with Gasteiger partial charge < -0.3 is 15.0 Å². The Morgan fingerprint density at radius 3 is 2.93 bits per heavy atom. The number of hydrogen-bond donors (Lipinski definition) is 3. The van der Waals surface area contributed by atoms with Crippen LogP contribution in [0.5, 0.6) is 0 Å². The van der Waals surface area contributed by atoms with Gasteiger partial charge in [-0.3, -0.25) is 9.55 Å². The van der Waals surface area contributed by atoms with E-state index in [9.17, 15) is 9.59 Å². The molecule has 0 fully saturated rings. The average Bonchev–Trinajstić information content (AvgIpc) is 3.30. The van der Waals surface area contributed by atoms with Crippen LogP contribution in [0.15, 0.2) is 41.0 Å². The molecule has 0 aliphatic heterocycles. The third-order valence-corrected chi connectivity index (χ3v) is 5.89. The third kappa shape index (κ3) is 3.53. The lowest BCUT2D eigenvalue weighted by Crippen LogP contribution is -2.28. The number of fused-ring (bicyclic) bond motifs is 1. The Bertz CT molecular complexity index is 1170. The normalized spacial score (nSPS) is 20.1. The first kappa shape index (κ1) is 20.0. The summed E-state index contributed by atoms with van der Waals surface area (Å²) in [6.07, 6.45) is 5.80. The van der Waals surface area contributed by atoms with Crippen LogP contribution in [0.2, 0.25) is 0 Å². The van der Waals surface area contributed by atoms with Crippen LogP contribution in [0, 0.1) is 5.92 Å². The number of ether oxygens (including phenoxy) is 1. The van der Waals surface area contributed by atoms with Crippen LogP contribution in [0.4, 0.5) is 5.82 Å². The summed E-state index contributed by atoms with van der Waals surface area (Å²) < 4.78 is 6.56. The van der Waals surface area contributed by atoms with Gasteiger partial charge in [0, 0.05) is 5.92 Å². The standard InChI is InChI=1S/C22H27N5O3/c1-12-5-7-16(13(2)9-12)19-20(25-14(3)21(28)30-4)26-22(29)27(19)15-6-8-17-18(10-15)24-11-23-17/h6,8-11,13-14,16,25H,5,7H2,1-4H3,(H,23,24)(H,26,29). The molecule has 0 saturated heterocycles. The number of aromatic nitrogens is 4. The van der Waals surface area contributed by atoms with Gasteiger partial charge in [0.1, 0.15) is 11.9 Å². The number of carbonyl (C=O) groups excluding carboxylic acids is 1. The molecule has 158 valence electrons. The zero-order valence-corrected chi connectivity index (χ0v) is 17.7. The van der Waals surface area contributed by atoms with Gasteiger partial charge in [0.05, 0.1) is 35.9 Å². The van der Waals surface area contributed by atoms with E-state index in [1.807, 2.05) is 18.2 Å². The first-order valence-electron chi connectivity index (χ1n) is 10.2. The number of benzene rings is 1. The molecule has 0 radical (unpaired) electrons. The number of aromatic amines is 2. The van der Waals surface area contributed by atoms with Crippen molar-refractivity contribution in [3.05, 3.63) is 52.4 Å². The minimum atomic E-state index is -0.591. The number of nitrogens with one attached hydrogen (secondary N) is 3. The van der Waals surface area contributed by atoms with E-state index in [4.69, 9.17) is 4.74 Å². The first-order valence-corrected chi connectivity index (χ1v) is 10.2. The van der Waals surface area contributed by atoms with E-state index in [1.54, 1.807) is 17.8 Å². The molecule has 1 aromatic carbocycles. The number of rotatable bonds is 5. The van der Waals surface area contributed by atoms with Crippen molar-refractivity contribution in [1.29, 1.82) is 0 Å². The van der Waals surface area contributed by atoms with Crippen LogP contribution in [-0.4, -0.2) is 38.6 Å². The Kier molecular flexibility index (Phi) is 5.24. The molecule has 1 aliphatic carbocycles. The van der Waals surface area contributed by atoms with Gasteiger partial charge in [-0.1, -0.05) is 18.6 Å². The number of anilines is 1. The summed E-state index contributed by atoms with van der Waals surface area (Å²) in [4.78, 5) is 35.4. The molecule has 30 heavy (non-hydrogen) atoms. The second-order valence-corrected chi connectivity index (χ2v) is 8.04. The van der Waals surface area contributed by atoms with Crippen molar-refractivity contribution in [3.63, 3.8) is 0 Å². The predicted octanol–water partition coefficient (Wildman–Crippen LogP) is 3.48. The SMILES string of the molecule is COC(=O)C(C)Nc1[nH]c(=O)n(-c2ccc3nc[nH]c3c2)c1C1CCC(C)=CC1C. The summed E-state index contributed by atoms with van der Waals surface area (Å²) in [7, 11) is 1.35. The van der Waals surface area contributed by atoms with Gasteiger partial charge in [-0.2, -0.15) is 0 Å². The minimum Gasteiger partial charge on any atom is -0.467 e. The Morgan fingerprint density at radius 2 is 2.20 bits per heavy atom. The number of methoxy groups -OCH3 is 1. The largest absolute Gasteiger partial charge is 0.467 e. The molecule has 2 aromatic heterocycles. The predicted molar refractivity (Wildman–Crippen MR) is 116 cm³/mol. The number of nitrogens with zero attached hydrogens (tertiary/aromatic N) is 2. The summed E-state index contributed by atoms with van der Waals surface area (Å²) in [6.45, 7) is 6.03. The summed E-state index contributed by atoms with van der Waals surface area (Å²) in [5.74, 6) is 0.552. The van der Waals surface area contributed by atoms with Crippen molar-refractivity contribution < 1.29 is 9.53 Å². The van der Waals surface area contributed by atoms with Crippen LogP contribution >= 0.6 is 0 Å². The summed E-state index contributed by atoms with van der Waals surface area (Å²) in [5.41, 5.74) is 4.41. The molecule has 2 heterocycles. The van der Waals surface area contributed by atoms with Crippen LogP contribution in [0.25, 0.3) is 16.7 Å². The van der Waals surface area contributed by atoms with E-state index < -0.39 is 6.04 Å². The number of hydrogen-bond acceptors (Lipinski definition) is 5. The Hall–Kier alpha value is -3.29. The quantitative estimate of drug-likeness (QED) is 0.442. The monoisotopic (exact) mass is 409 g/mol. The molecule has 3 unspecified atom stereocenters. The smallest absolute Gasteiger partial charge is 0.331 e. The molecule has 1 aliphatic rings. The van der Waals surface area contributed by atoms with Crippen molar-refractivity contribution in [3.8, 4) is 5.69 Å². The molecule has 8 nitrogen and oxygen atoms in total.